The zero-order valence-electron chi connectivity index (χ0n) is 6.24. The number of anilines is 1. The van der Waals surface area contributed by atoms with Gasteiger partial charge >= 0.3 is 0 Å². The zero-order valence-corrected chi connectivity index (χ0v) is 6.24. The van der Waals surface area contributed by atoms with Crippen molar-refractivity contribution in [1.29, 1.82) is 5.26 Å². The molecule has 1 aromatic rings. The Hall–Kier alpha value is -2.02. The first-order chi connectivity index (χ1) is 5.66. The second-order valence-electron chi connectivity index (χ2n) is 2.25. The van der Waals surface area contributed by atoms with Crippen molar-refractivity contribution < 1.29 is 4.79 Å². The SMILES string of the molecule is N#Cc1cccc(N)c1C(N)=O. The Balaban J connectivity index is 3.42. The number of hydrogen-bond donors (Lipinski definition) is 2. The van der Waals surface area contributed by atoms with Crippen molar-refractivity contribution in [2.75, 3.05) is 5.73 Å². The van der Waals surface area contributed by atoms with Gasteiger partial charge in [0, 0.05) is 5.69 Å². The molecule has 1 aromatic carbocycles. The number of nitrogens with two attached hydrogens (primary N) is 2. The van der Waals surface area contributed by atoms with E-state index in [1.807, 2.05) is 6.07 Å². The molecular weight excluding hydrogens is 154 g/mol. The van der Waals surface area contributed by atoms with E-state index in [1.165, 1.54) is 12.1 Å². The van der Waals surface area contributed by atoms with E-state index in [2.05, 4.69) is 0 Å². The monoisotopic (exact) mass is 161 g/mol. The molecule has 0 fully saturated rings. The average Bonchev–Trinajstić information content (AvgIpc) is 2.03. The number of nitrogens with zero attached hydrogens (tertiary/aromatic N) is 1. The van der Waals surface area contributed by atoms with E-state index in [0.717, 1.165) is 0 Å². The fourth-order valence-corrected chi connectivity index (χ4v) is 0.938. The summed E-state index contributed by atoms with van der Waals surface area (Å²) in [4.78, 5) is 10.8. The van der Waals surface area contributed by atoms with Gasteiger partial charge in [0.25, 0.3) is 5.91 Å². The number of hydrogen-bond acceptors (Lipinski definition) is 3. The van der Waals surface area contributed by atoms with E-state index in [-0.39, 0.29) is 16.8 Å². The van der Waals surface area contributed by atoms with E-state index in [9.17, 15) is 4.79 Å². The molecule has 0 aromatic heterocycles. The van der Waals surface area contributed by atoms with Gasteiger partial charge in [-0.25, -0.2) is 0 Å². The molecular formula is C8H7N3O. The summed E-state index contributed by atoms with van der Waals surface area (Å²) >= 11 is 0. The molecule has 0 aliphatic rings. The van der Waals surface area contributed by atoms with Crippen LogP contribution in [-0.4, -0.2) is 5.91 Å². The van der Waals surface area contributed by atoms with Crippen LogP contribution in [0.3, 0.4) is 0 Å². The largest absolute Gasteiger partial charge is 0.398 e. The van der Waals surface area contributed by atoms with Crippen LogP contribution in [-0.2, 0) is 0 Å². The predicted octanol–water partition coefficient (Wildman–Crippen LogP) is 0.239. The molecule has 60 valence electrons. The summed E-state index contributed by atoms with van der Waals surface area (Å²) in [5, 5.41) is 8.58. The predicted molar refractivity (Wildman–Crippen MR) is 44.1 cm³/mol. The van der Waals surface area contributed by atoms with E-state index in [4.69, 9.17) is 16.7 Å². The smallest absolute Gasteiger partial charge is 0.252 e. The van der Waals surface area contributed by atoms with E-state index in [0.29, 0.717) is 0 Å². The molecule has 0 aliphatic carbocycles. The number of benzene rings is 1. The minimum absolute atomic E-state index is 0.0972. The standard InChI is InChI=1S/C8H7N3O/c9-4-5-2-1-3-6(10)7(5)8(11)12/h1-3H,10H2,(H2,11,12). The topological polar surface area (TPSA) is 92.9 Å². The van der Waals surface area contributed by atoms with Crippen molar-refractivity contribution in [2.24, 2.45) is 5.73 Å². The van der Waals surface area contributed by atoms with Gasteiger partial charge in [-0.2, -0.15) is 5.26 Å². The number of nitrogen functional groups attached to an aromatic ring is 1. The van der Waals surface area contributed by atoms with Crippen LogP contribution < -0.4 is 11.5 Å². The third-order valence-electron chi connectivity index (χ3n) is 1.46. The van der Waals surface area contributed by atoms with Crippen LogP contribution in [0.15, 0.2) is 18.2 Å². The van der Waals surface area contributed by atoms with E-state index >= 15 is 0 Å². The van der Waals surface area contributed by atoms with Crippen LogP contribution in [0, 0.1) is 11.3 Å². The minimum Gasteiger partial charge on any atom is -0.398 e. The number of nitriles is 1. The lowest BCUT2D eigenvalue weighted by atomic mass is 10.1. The Bertz CT molecular complexity index is 365. The van der Waals surface area contributed by atoms with Crippen LogP contribution in [0.4, 0.5) is 5.69 Å². The summed E-state index contributed by atoms with van der Waals surface area (Å²) in [6.07, 6.45) is 0. The van der Waals surface area contributed by atoms with Crippen molar-refractivity contribution in [3.8, 4) is 6.07 Å². The minimum atomic E-state index is -0.676. The molecule has 0 unspecified atom stereocenters. The fraction of sp³-hybridized carbons (Fsp3) is 0. The third-order valence-corrected chi connectivity index (χ3v) is 1.46. The van der Waals surface area contributed by atoms with Gasteiger partial charge in [-0.15, -0.1) is 0 Å². The number of carbonyl (C=O) groups is 1. The van der Waals surface area contributed by atoms with Gasteiger partial charge in [0.2, 0.25) is 0 Å². The quantitative estimate of drug-likeness (QED) is 0.577. The van der Waals surface area contributed by atoms with Crippen LogP contribution >= 0.6 is 0 Å². The number of rotatable bonds is 1. The molecule has 0 spiro atoms. The van der Waals surface area contributed by atoms with Crippen LogP contribution in [0.2, 0.25) is 0 Å². The van der Waals surface area contributed by atoms with Gasteiger partial charge in [-0.05, 0) is 12.1 Å². The summed E-state index contributed by atoms with van der Waals surface area (Å²) in [5.74, 6) is -0.676. The second-order valence-corrected chi connectivity index (χ2v) is 2.25. The van der Waals surface area contributed by atoms with Crippen molar-refractivity contribution >= 4 is 11.6 Å². The molecule has 12 heavy (non-hydrogen) atoms. The molecule has 1 rings (SSSR count). The molecule has 4 nitrogen and oxygen atoms in total. The van der Waals surface area contributed by atoms with Crippen molar-refractivity contribution in [2.45, 2.75) is 0 Å². The number of carbonyl (C=O) groups excluding carboxylic acids is 1. The Morgan fingerprint density at radius 2 is 2.17 bits per heavy atom. The lowest BCUT2D eigenvalue weighted by Crippen LogP contribution is -2.15. The van der Waals surface area contributed by atoms with Crippen molar-refractivity contribution in [3.63, 3.8) is 0 Å². The Labute approximate surface area is 69.4 Å². The maximum atomic E-state index is 10.8. The first-order valence-corrected chi connectivity index (χ1v) is 3.25. The van der Waals surface area contributed by atoms with Crippen LogP contribution in [0.5, 0.6) is 0 Å². The summed E-state index contributed by atoms with van der Waals surface area (Å²) in [5.41, 5.74) is 11.0. The molecule has 0 radical (unpaired) electrons. The highest BCUT2D eigenvalue weighted by Gasteiger charge is 2.10. The third kappa shape index (κ3) is 1.20. The fourth-order valence-electron chi connectivity index (χ4n) is 0.938. The maximum absolute atomic E-state index is 10.8. The summed E-state index contributed by atoms with van der Waals surface area (Å²) < 4.78 is 0. The summed E-state index contributed by atoms with van der Waals surface area (Å²) in [6, 6.07) is 6.46. The van der Waals surface area contributed by atoms with E-state index < -0.39 is 5.91 Å². The zero-order chi connectivity index (χ0) is 9.14. The molecule has 0 aliphatic heterocycles. The van der Waals surface area contributed by atoms with Gasteiger partial charge in [0.1, 0.15) is 6.07 Å². The van der Waals surface area contributed by atoms with Gasteiger partial charge in [0.05, 0.1) is 11.1 Å². The molecule has 0 saturated carbocycles. The normalized spacial score (nSPS) is 8.92. The maximum Gasteiger partial charge on any atom is 0.252 e. The van der Waals surface area contributed by atoms with Crippen molar-refractivity contribution in [3.05, 3.63) is 29.3 Å². The number of primary amides is 1. The Morgan fingerprint density at radius 1 is 1.50 bits per heavy atom. The highest BCUT2D eigenvalue weighted by atomic mass is 16.1. The molecule has 0 saturated heterocycles. The number of amides is 1. The van der Waals surface area contributed by atoms with E-state index in [1.54, 1.807) is 6.07 Å². The van der Waals surface area contributed by atoms with Gasteiger partial charge in [-0.1, -0.05) is 6.07 Å². The Morgan fingerprint density at radius 3 is 2.58 bits per heavy atom. The average molecular weight is 161 g/mol. The van der Waals surface area contributed by atoms with Gasteiger partial charge in [0.15, 0.2) is 0 Å². The highest BCUT2D eigenvalue weighted by Crippen LogP contribution is 2.14. The Kier molecular flexibility index (Phi) is 1.97. The molecule has 1 amide bonds. The molecule has 0 atom stereocenters. The molecule has 0 heterocycles. The second kappa shape index (κ2) is 2.93. The highest BCUT2D eigenvalue weighted by molar-refractivity contribution is 6.00. The van der Waals surface area contributed by atoms with Crippen molar-refractivity contribution in [1.82, 2.24) is 0 Å². The van der Waals surface area contributed by atoms with Gasteiger partial charge < -0.3 is 11.5 Å². The van der Waals surface area contributed by atoms with Crippen LogP contribution in [0.1, 0.15) is 15.9 Å². The molecule has 4 heteroatoms. The lowest BCUT2D eigenvalue weighted by Gasteiger charge is -2.01. The lowest BCUT2D eigenvalue weighted by molar-refractivity contribution is 0.100. The summed E-state index contributed by atoms with van der Waals surface area (Å²) in [6.45, 7) is 0. The van der Waals surface area contributed by atoms with Crippen LogP contribution in [0.25, 0.3) is 0 Å². The molecule has 4 N–H and O–H groups in total. The summed E-state index contributed by atoms with van der Waals surface area (Å²) in [7, 11) is 0. The first kappa shape index (κ1) is 8.08. The first-order valence-electron chi connectivity index (χ1n) is 3.25. The molecule has 0 bridgehead atoms. The van der Waals surface area contributed by atoms with Gasteiger partial charge in [-0.3, -0.25) is 4.79 Å².